The van der Waals surface area contributed by atoms with Gasteiger partial charge in [-0.05, 0) is 49.6 Å². The Bertz CT molecular complexity index is 625. The van der Waals surface area contributed by atoms with Crippen LogP contribution in [0.4, 0.5) is 0 Å². The van der Waals surface area contributed by atoms with E-state index in [2.05, 4.69) is 17.1 Å². The summed E-state index contributed by atoms with van der Waals surface area (Å²) >= 11 is 0. The maximum atomic E-state index is 12.7. The number of aromatic nitrogens is 1. The smallest absolute Gasteiger partial charge is 0.254 e. The molecule has 0 saturated carbocycles. The van der Waals surface area contributed by atoms with Crippen LogP contribution in [0.2, 0.25) is 0 Å². The van der Waals surface area contributed by atoms with Gasteiger partial charge >= 0.3 is 0 Å². The van der Waals surface area contributed by atoms with E-state index < -0.39 is 0 Å². The van der Waals surface area contributed by atoms with Crippen molar-refractivity contribution in [2.75, 3.05) is 13.2 Å². The van der Waals surface area contributed by atoms with Gasteiger partial charge in [0.15, 0.2) is 0 Å². The average molecular weight is 296 g/mol. The van der Waals surface area contributed by atoms with Crippen LogP contribution < -0.4 is 4.74 Å². The largest absolute Gasteiger partial charge is 0.494 e. The van der Waals surface area contributed by atoms with Crippen molar-refractivity contribution < 1.29 is 9.53 Å². The standard InChI is InChI=1S/C18H20N2O2/c1-2-22-16-7-5-14(6-8-16)17-4-3-13-20(17)18(21)15-9-11-19-12-10-15/h5-12,17H,2-4,13H2,1H3/t17-/m0/s1. The van der Waals surface area contributed by atoms with Crippen LogP contribution in [0.15, 0.2) is 48.8 Å². The maximum absolute atomic E-state index is 12.7. The predicted octanol–water partition coefficient (Wildman–Crippen LogP) is 3.46. The van der Waals surface area contributed by atoms with Crippen molar-refractivity contribution in [3.63, 3.8) is 0 Å². The van der Waals surface area contributed by atoms with E-state index in [9.17, 15) is 4.79 Å². The topological polar surface area (TPSA) is 42.4 Å². The number of carbonyl (C=O) groups is 1. The number of hydrogen-bond donors (Lipinski definition) is 0. The fraction of sp³-hybridized carbons (Fsp3) is 0.333. The summed E-state index contributed by atoms with van der Waals surface area (Å²) in [6.07, 6.45) is 5.36. The minimum atomic E-state index is 0.0822. The van der Waals surface area contributed by atoms with Gasteiger partial charge in [0, 0.05) is 24.5 Å². The second kappa shape index (κ2) is 6.60. The summed E-state index contributed by atoms with van der Waals surface area (Å²) in [6.45, 7) is 3.44. The molecule has 1 aromatic heterocycles. The quantitative estimate of drug-likeness (QED) is 0.867. The molecule has 1 aliphatic heterocycles. The monoisotopic (exact) mass is 296 g/mol. The Morgan fingerprint density at radius 1 is 1.23 bits per heavy atom. The van der Waals surface area contributed by atoms with E-state index in [4.69, 9.17) is 4.74 Å². The highest BCUT2D eigenvalue weighted by molar-refractivity contribution is 5.94. The Balaban J connectivity index is 1.79. The number of carbonyl (C=O) groups excluding carboxylic acids is 1. The van der Waals surface area contributed by atoms with Gasteiger partial charge in [0.1, 0.15) is 5.75 Å². The van der Waals surface area contributed by atoms with Gasteiger partial charge in [0.05, 0.1) is 12.6 Å². The fourth-order valence-corrected chi connectivity index (χ4v) is 2.97. The summed E-state index contributed by atoms with van der Waals surface area (Å²) in [6, 6.07) is 11.8. The zero-order chi connectivity index (χ0) is 15.4. The van der Waals surface area contributed by atoms with Crippen LogP contribution in [-0.4, -0.2) is 28.9 Å². The lowest BCUT2D eigenvalue weighted by Gasteiger charge is -2.25. The van der Waals surface area contributed by atoms with Crippen LogP contribution in [0.5, 0.6) is 5.75 Å². The maximum Gasteiger partial charge on any atom is 0.254 e. The second-order valence-electron chi connectivity index (χ2n) is 5.39. The third-order valence-electron chi connectivity index (χ3n) is 4.02. The summed E-state index contributed by atoms with van der Waals surface area (Å²) in [4.78, 5) is 18.6. The minimum absolute atomic E-state index is 0.0822. The van der Waals surface area contributed by atoms with E-state index in [0.717, 1.165) is 25.1 Å². The predicted molar refractivity (Wildman–Crippen MR) is 84.9 cm³/mol. The van der Waals surface area contributed by atoms with Crippen LogP contribution >= 0.6 is 0 Å². The number of nitrogens with zero attached hydrogens (tertiary/aromatic N) is 2. The van der Waals surface area contributed by atoms with Gasteiger partial charge in [0.25, 0.3) is 5.91 Å². The normalized spacial score (nSPS) is 17.5. The first-order valence-corrected chi connectivity index (χ1v) is 7.73. The number of rotatable bonds is 4. The molecule has 0 bridgehead atoms. The Morgan fingerprint density at radius 2 is 1.95 bits per heavy atom. The molecule has 0 radical (unpaired) electrons. The molecule has 2 heterocycles. The van der Waals surface area contributed by atoms with E-state index in [1.54, 1.807) is 24.5 Å². The van der Waals surface area contributed by atoms with E-state index in [1.807, 2.05) is 24.0 Å². The number of likely N-dealkylation sites (tertiary alicyclic amines) is 1. The molecule has 114 valence electrons. The highest BCUT2D eigenvalue weighted by Crippen LogP contribution is 2.33. The van der Waals surface area contributed by atoms with Gasteiger partial charge in [0.2, 0.25) is 0 Å². The van der Waals surface area contributed by atoms with Gasteiger partial charge < -0.3 is 9.64 Å². The van der Waals surface area contributed by atoms with E-state index in [1.165, 1.54) is 5.56 Å². The summed E-state index contributed by atoms with van der Waals surface area (Å²) in [5.74, 6) is 0.954. The highest BCUT2D eigenvalue weighted by Gasteiger charge is 2.30. The molecule has 4 heteroatoms. The fourth-order valence-electron chi connectivity index (χ4n) is 2.97. The first-order valence-electron chi connectivity index (χ1n) is 7.73. The lowest BCUT2D eigenvalue weighted by atomic mass is 10.0. The van der Waals surface area contributed by atoms with Crippen molar-refractivity contribution in [1.82, 2.24) is 9.88 Å². The van der Waals surface area contributed by atoms with Crippen LogP contribution in [0.3, 0.4) is 0 Å². The Hall–Kier alpha value is -2.36. The van der Waals surface area contributed by atoms with E-state index >= 15 is 0 Å². The molecule has 0 aliphatic carbocycles. The Morgan fingerprint density at radius 3 is 2.64 bits per heavy atom. The number of ether oxygens (including phenoxy) is 1. The third-order valence-corrected chi connectivity index (χ3v) is 4.02. The number of pyridine rings is 1. The molecule has 1 aliphatic rings. The number of hydrogen-bond acceptors (Lipinski definition) is 3. The van der Waals surface area contributed by atoms with Crippen molar-refractivity contribution in [3.05, 3.63) is 59.9 Å². The third kappa shape index (κ3) is 2.96. The summed E-state index contributed by atoms with van der Waals surface area (Å²) in [5, 5.41) is 0. The molecular formula is C18H20N2O2. The molecule has 0 spiro atoms. The molecule has 1 aromatic carbocycles. The van der Waals surface area contributed by atoms with Crippen LogP contribution in [0.1, 0.15) is 41.7 Å². The first kappa shape index (κ1) is 14.6. The Kier molecular flexibility index (Phi) is 4.37. The molecule has 0 unspecified atom stereocenters. The van der Waals surface area contributed by atoms with Crippen molar-refractivity contribution in [2.24, 2.45) is 0 Å². The molecule has 22 heavy (non-hydrogen) atoms. The summed E-state index contributed by atoms with van der Waals surface area (Å²) in [7, 11) is 0. The summed E-state index contributed by atoms with van der Waals surface area (Å²) in [5.41, 5.74) is 1.87. The Labute approximate surface area is 130 Å². The second-order valence-corrected chi connectivity index (χ2v) is 5.39. The lowest BCUT2D eigenvalue weighted by Crippen LogP contribution is -2.30. The van der Waals surface area contributed by atoms with E-state index in [-0.39, 0.29) is 11.9 Å². The van der Waals surface area contributed by atoms with Gasteiger partial charge in [-0.25, -0.2) is 0 Å². The van der Waals surface area contributed by atoms with Gasteiger partial charge in [-0.2, -0.15) is 0 Å². The molecule has 1 saturated heterocycles. The zero-order valence-electron chi connectivity index (χ0n) is 12.7. The van der Waals surface area contributed by atoms with Gasteiger partial charge in [-0.1, -0.05) is 12.1 Å². The molecule has 1 fully saturated rings. The molecule has 3 rings (SSSR count). The first-order chi connectivity index (χ1) is 10.8. The van der Waals surface area contributed by atoms with Crippen molar-refractivity contribution >= 4 is 5.91 Å². The highest BCUT2D eigenvalue weighted by atomic mass is 16.5. The number of amides is 1. The van der Waals surface area contributed by atoms with Crippen molar-refractivity contribution in [3.8, 4) is 5.75 Å². The van der Waals surface area contributed by atoms with Crippen LogP contribution in [0, 0.1) is 0 Å². The van der Waals surface area contributed by atoms with Gasteiger partial charge in [-0.15, -0.1) is 0 Å². The average Bonchev–Trinajstić information content (AvgIpc) is 3.05. The van der Waals surface area contributed by atoms with Crippen LogP contribution in [-0.2, 0) is 0 Å². The molecule has 4 nitrogen and oxygen atoms in total. The molecule has 1 amide bonds. The van der Waals surface area contributed by atoms with E-state index in [0.29, 0.717) is 12.2 Å². The number of benzene rings is 1. The zero-order valence-corrected chi connectivity index (χ0v) is 12.7. The van der Waals surface area contributed by atoms with Crippen molar-refractivity contribution in [1.29, 1.82) is 0 Å². The molecular weight excluding hydrogens is 276 g/mol. The molecule has 1 atom stereocenters. The molecule has 0 N–H and O–H groups in total. The SMILES string of the molecule is CCOc1ccc([C@@H]2CCCN2C(=O)c2ccncc2)cc1. The lowest BCUT2D eigenvalue weighted by molar-refractivity contribution is 0.0735. The molecule has 2 aromatic rings. The summed E-state index contributed by atoms with van der Waals surface area (Å²) < 4.78 is 5.48. The van der Waals surface area contributed by atoms with Gasteiger partial charge in [-0.3, -0.25) is 9.78 Å². The van der Waals surface area contributed by atoms with Crippen LogP contribution in [0.25, 0.3) is 0 Å². The minimum Gasteiger partial charge on any atom is -0.494 e. The van der Waals surface area contributed by atoms with Crippen molar-refractivity contribution in [2.45, 2.75) is 25.8 Å².